The zero-order chi connectivity index (χ0) is 20.7. The molecule has 5 rings (SSSR count). The number of imidazole rings is 1. The van der Waals surface area contributed by atoms with E-state index in [1.54, 1.807) is 22.1 Å². The van der Waals surface area contributed by atoms with Crippen molar-refractivity contribution < 1.29 is 8.42 Å². The molecule has 6 nitrogen and oxygen atoms in total. The molecule has 0 spiro atoms. The lowest BCUT2D eigenvalue weighted by Crippen LogP contribution is -2.32. The van der Waals surface area contributed by atoms with Gasteiger partial charge in [-0.3, -0.25) is 0 Å². The van der Waals surface area contributed by atoms with E-state index in [0.29, 0.717) is 13.1 Å². The van der Waals surface area contributed by atoms with Crippen LogP contribution in [0.2, 0.25) is 0 Å². The van der Waals surface area contributed by atoms with Gasteiger partial charge in [0.1, 0.15) is 0 Å². The van der Waals surface area contributed by atoms with Gasteiger partial charge < -0.3 is 9.88 Å². The number of nitrogens with one attached hydrogen (secondary N) is 1. The number of rotatable bonds is 5. The largest absolute Gasteiger partial charge is 0.380 e. The molecule has 1 fully saturated rings. The van der Waals surface area contributed by atoms with E-state index in [2.05, 4.69) is 40.6 Å². The molecule has 3 aromatic rings. The number of aromatic nitrogens is 2. The van der Waals surface area contributed by atoms with Gasteiger partial charge in [0.25, 0.3) is 10.0 Å². The van der Waals surface area contributed by atoms with Gasteiger partial charge >= 0.3 is 0 Å². The van der Waals surface area contributed by atoms with Crippen molar-refractivity contribution in [2.24, 2.45) is 7.05 Å². The molecule has 1 aromatic heterocycles. The first kappa shape index (κ1) is 19.3. The molecule has 1 aliphatic heterocycles. The van der Waals surface area contributed by atoms with Crippen molar-refractivity contribution in [3.63, 3.8) is 0 Å². The third kappa shape index (κ3) is 3.52. The van der Waals surface area contributed by atoms with E-state index in [1.165, 1.54) is 23.9 Å². The first-order valence-corrected chi connectivity index (χ1v) is 11.9. The number of benzene rings is 2. The number of hydrogen-bond donors (Lipinski definition) is 1. The van der Waals surface area contributed by atoms with Crippen LogP contribution in [0.4, 0.5) is 5.69 Å². The molecule has 2 aliphatic rings. The summed E-state index contributed by atoms with van der Waals surface area (Å²) < 4.78 is 29.6. The molecule has 2 heterocycles. The van der Waals surface area contributed by atoms with E-state index in [0.717, 1.165) is 24.1 Å². The third-order valence-corrected chi connectivity index (χ3v) is 7.97. The first-order valence-electron chi connectivity index (χ1n) is 10.4. The van der Waals surface area contributed by atoms with Crippen LogP contribution in [0.5, 0.6) is 0 Å². The molecule has 7 heteroatoms. The fourth-order valence-electron chi connectivity index (χ4n) is 4.68. The Morgan fingerprint density at radius 1 is 1.03 bits per heavy atom. The molecule has 156 valence electrons. The van der Waals surface area contributed by atoms with Gasteiger partial charge in [0.05, 0.1) is 6.33 Å². The van der Waals surface area contributed by atoms with Crippen LogP contribution in [0.15, 0.2) is 66.1 Å². The van der Waals surface area contributed by atoms with Gasteiger partial charge in [0, 0.05) is 44.0 Å². The van der Waals surface area contributed by atoms with Gasteiger partial charge in [-0.2, -0.15) is 4.31 Å². The number of anilines is 1. The minimum absolute atomic E-state index is 0.00894. The predicted octanol–water partition coefficient (Wildman–Crippen LogP) is 3.18. The fraction of sp³-hybridized carbons (Fsp3) is 0.348. The minimum Gasteiger partial charge on any atom is -0.380 e. The maximum atomic E-state index is 13.2. The van der Waals surface area contributed by atoms with Gasteiger partial charge in [-0.05, 0) is 48.1 Å². The van der Waals surface area contributed by atoms with Crippen LogP contribution in [0.1, 0.15) is 29.0 Å². The lowest BCUT2D eigenvalue weighted by atomic mass is 9.94. The Morgan fingerprint density at radius 3 is 2.60 bits per heavy atom. The molecule has 2 atom stereocenters. The van der Waals surface area contributed by atoms with Crippen LogP contribution in [-0.4, -0.2) is 41.4 Å². The normalized spacial score (nSPS) is 21.6. The van der Waals surface area contributed by atoms with Crippen molar-refractivity contribution in [3.05, 3.63) is 77.7 Å². The number of nitrogens with zero attached hydrogens (tertiary/aromatic N) is 3. The second kappa shape index (κ2) is 7.56. The average Bonchev–Trinajstić information content (AvgIpc) is 3.48. The maximum Gasteiger partial charge on any atom is 0.262 e. The number of fused-ring (bicyclic) bond motifs is 1. The molecule has 1 N–H and O–H groups in total. The summed E-state index contributed by atoms with van der Waals surface area (Å²) >= 11 is 0. The third-order valence-electron chi connectivity index (χ3n) is 6.25. The van der Waals surface area contributed by atoms with Crippen LogP contribution in [0.25, 0.3) is 0 Å². The van der Waals surface area contributed by atoms with Crippen LogP contribution >= 0.6 is 0 Å². The summed E-state index contributed by atoms with van der Waals surface area (Å²) in [7, 11) is -1.85. The van der Waals surface area contributed by atoms with Crippen LogP contribution in [0.3, 0.4) is 0 Å². The molecule has 0 saturated carbocycles. The lowest BCUT2D eigenvalue weighted by Gasteiger charge is -2.22. The zero-order valence-corrected chi connectivity index (χ0v) is 17.8. The molecule has 0 bridgehead atoms. The van der Waals surface area contributed by atoms with E-state index in [4.69, 9.17) is 0 Å². The van der Waals surface area contributed by atoms with Crippen molar-refractivity contribution in [1.29, 1.82) is 0 Å². The quantitative estimate of drug-likeness (QED) is 0.686. The topological polar surface area (TPSA) is 67.2 Å². The highest BCUT2D eigenvalue weighted by Crippen LogP contribution is 2.34. The molecule has 2 unspecified atom stereocenters. The van der Waals surface area contributed by atoms with Crippen LogP contribution in [0, 0.1) is 0 Å². The molecule has 1 aliphatic carbocycles. The van der Waals surface area contributed by atoms with Crippen molar-refractivity contribution in [1.82, 2.24) is 13.9 Å². The summed E-state index contributed by atoms with van der Waals surface area (Å²) in [6, 6.07) is 16.7. The molecule has 0 radical (unpaired) electrons. The number of sulfonamides is 1. The second-order valence-electron chi connectivity index (χ2n) is 8.30. The Kier molecular flexibility index (Phi) is 4.87. The number of hydrogen-bond acceptors (Lipinski definition) is 4. The van der Waals surface area contributed by atoms with Crippen molar-refractivity contribution in [3.8, 4) is 0 Å². The summed E-state index contributed by atoms with van der Waals surface area (Å²) in [5.74, 6) is 0.0675. The Balaban J connectivity index is 1.45. The van der Waals surface area contributed by atoms with Gasteiger partial charge in [0.2, 0.25) is 0 Å². The highest BCUT2D eigenvalue weighted by atomic mass is 32.2. The highest BCUT2D eigenvalue weighted by molar-refractivity contribution is 7.89. The summed E-state index contributed by atoms with van der Waals surface area (Å²) in [6.07, 6.45) is 6.58. The van der Waals surface area contributed by atoms with Crippen LogP contribution in [-0.2, 0) is 29.9 Å². The molecule has 0 amide bonds. The molecule has 1 saturated heterocycles. The first-order chi connectivity index (χ1) is 14.5. The lowest BCUT2D eigenvalue weighted by molar-refractivity contribution is 0.468. The Bertz CT molecular complexity index is 1160. The van der Waals surface area contributed by atoms with E-state index in [1.807, 2.05) is 18.2 Å². The second-order valence-corrected chi connectivity index (χ2v) is 10.2. The summed E-state index contributed by atoms with van der Waals surface area (Å²) in [5.41, 5.74) is 5.06. The maximum absolute atomic E-state index is 13.2. The summed E-state index contributed by atoms with van der Waals surface area (Å²) in [5, 5.41) is 3.75. The Morgan fingerprint density at radius 2 is 1.83 bits per heavy atom. The van der Waals surface area contributed by atoms with E-state index in [9.17, 15) is 8.42 Å². The monoisotopic (exact) mass is 422 g/mol. The summed E-state index contributed by atoms with van der Waals surface area (Å²) in [6.45, 7) is 0.848. The predicted molar refractivity (Wildman–Crippen MR) is 117 cm³/mol. The standard InChI is InChI=1S/C23H26N4O2S/c1-26-15-23(24-16-26)30(28,29)27-13-21(18-6-3-2-4-7-18)22(14-27)25-20-11-10-17-8-5-9-19(17)12-20/h2-4,6-7,10-12,15-16,21-22,25H,5,8-9,13-14H2,1H3. The molecule has 30 heavy (non-hydrogen) atoms. The molecule has 2 aromatic carbocycles. The van der Waals surface area contributed by atoms with Gasteiger partial charge in [0.15, 0.2) is 5.03 Å². The van der Waals surface area contributed by atoms with Crippen molar-refractivity contribution in [2.45, 2.75) is 36.2 Å². The Labute approximate surface area is 177 Å². The highest BCUT2D eigenvalue weighted by Gasteiger charge is 2.41. The van der Waals surface area contributed by atoms with E-state index >= 15 is 0 Å². The number of aryl methyl sites for hydroxylation is 3. The van der Waals surface area contributed by atoms with E-state index < -0.39 is 10.0 Å². The van der Waals surface area contributed by atoms with Crippen molar-refractivity contribution in [2.75, 3.05) is 18.4 Å². The van der Waals surface area contributed by atoms with Gasteiger partial charge in [-0.1, -0.05) is 36.4 Å². The average molecular weight is 423 g/mol. The Hall–Kier alpha value is -2.64. The SMILES string of the molecule is Cn1cnc(S(=O)(=O)N2CC(Nc3ccc4c(c3)CCC4)C(c3ccccc3)C2)c1. The minimum atomic E-state index is -3.63. The molecular weight excluding hydrogens is 396 g/mol. The summed E-state index contributed by atoms with van der Waals surface area (Å²) in [4.78, 5) is 4.09. The van der Waals surface area contributed by atoms with Gasteiger partial charge in [-0.25, -0.2) is 13.4 Å². The zero-order valence-electron chi connectivity index (χ0n) is 17.0. The van der Waals surface area contributed by atoms with Crippen LogP contribution < -0.4 is 5.32 Å². The smallest absolute Gasteiger partial charge is 0.262 e. The van der Waals surface area contributed by atoms with Gasteiger partial charge in [-0.15, -0.1) is 0 Å². The van der Waals surface area contributed by atoms with Crippen molar-refractivity contribution >= 4 is 15.7 Å². The molecular formula is C23H26N4O2S. The fourth-order valence-corrected chi connectivity index (χ4v) is 6.14. The van der Waals surface area contributed by atoms with E-state index in [-0.39, 0.29) is 17.0 Å².